The summed E-state index contributed by atoms with van der Waals surface area (Å²) in [6.07, 6.45) is 3.24. The van der Waals surface area contributed by atoms with Crippen LogP contribution in [0.5, 0.6) is 0 Å². The van der Waals surface area contributed by atoms with Crippen molar-refractivity contribution in [1.29, 1.82) is 0 Å². The highest BCUT2D eigenvalue weighted by molar-refractivity contribution is 6.04. The van der Waals surface area contributed by atoms with Crippen LogP contribution in [0.15, 0.2) is 36.7 Å². The fourth-order valence-electron chi connectivity index (χ4n) is 2.10. The van der Waals surface area contributed by atoms with Crippen LogP contribution in [0.2, 0.25) is 0 Å². The van der Waals surface area contributed by atoms with Crippen molar-refractivity contribution in [1.82, 2.24) is 14.8 Å². The minimum absolute atomic E-state index is 0.153. The lowest BCUT2D eigenvalue weighted by molar-refractivity contribution is 0.102. The van der Waals surface area contributed by atoms with E-state index in [1.807, 2.05) is 25.1 Å². The molecule has 0 spiro atoms. The van der Waals surface area contributed by atoms with E-state index in [-0.39, 0.29) is 5.91 Å². The molecule has 0 saturated heterocycles. The van der Waals surface area contributed by atoms with Gasteiger partial charge in [-0.1, -0.05) is 0 Å². The number of H-pyrrole nitrogens is 1. The number of aryl methyl sites for hydroxylation is 2. The Kier molecular flexibility index (Phi) is 2.59. The fraction of sp³-hybridized carbons (Fsp3) is 0.143. The number of fused-ring (bicyclic) bond motifs is 1. The normalized spacial score (nSPS) is 10.8. The van der Waals surface area contributed by atoms with Gasteiger partial charge in [-0.25, -0.2) is 0 Å². The molecule has 0 saturated carbocycles. The van der Waals surface area contributed by atoms with Gasteiger partial charge in [0.25, 0.3) is 5.91 Å². The van der Waals surface area contributed by atoms with E-state index in [1.54, 1.807) is 24.1 Å². The van der Waals surface area contributed by atoms with Crippen molar-refractivity contribution < 1.29 is 4.79 Å². The van der Waals surface area contributed by atoms with E-state index in [2.05, 4.69) is 21.5 Å². The van der Waals surface area contributed by atoms with Crippen LogP contribution in [0.25, 0.3) is 10.9 Å². The second-order valence-electron chi connectivity index (χ2n) is 4.61. The van der Waals surface area contributed by atoms with Crippen molar-refractivity contribution in [3.05, 3.63) is 47.9 Å². The van der Waals surface area contributed by atoms with Gasteiger partial charge < -0.3 is 10.3 Å². The number of amides is 1. The van der Waals surface area contributed by atoms with E-state index in [9.17, 15) is 4.79 Å². The Balaban J connectivity index is 1.86. The molecular formula is C14H14N4O. The van der Waals surface area contributed by atoms with Crippen LogP contribution < -0.4 is 5.32 Å². The van der Waals surface area contributed by atoms with Crippen LogP contribution in [0, 0.1) is 6.92 Å². The predicted octanol–water partition coefficient (Wildman–Crippen LogP) is 2.46. The molecule has 5 nitrogen and oxygen atoms in total. The van der Waals surface area contributed by atoms with Gasteiger partial charge in [-0.2, -0.15) is 5.10 Å². The van der Waals surface area contributed by atoms with E-state index in [0.29, 0.717) is 5.56 Å². The topological polar surface area (TPSA) is 62.7 Å². The molecule has 2 heterocycles. The second kappa shape index (κ2) is 4.28. The van der Waals surface area contributed by atoms with Crippen LogP contribution >= 0.6 is 0 Å². The Morgan fingerprint density at radius 3 is 2.95 bits per heavy atom. The summed E-state index contributed by atoms with van der Waals surface area (Å²) in [5.74, 6) is -0.153. The van der Waals surface area contributed by atoms with Crippen molar-refractivity contribution in [2.24, 2.45) is 7.05 Å². The molecule has 2 N–H and O–H groups in total. The largest absolute Gasteiger partial charge is 0.359 e. The second-order valence-corrected chi connectivity index (χ2v) is 4.61. The molecule has 19 heavy (non-hydrogen) atoms. The minimum atomic E-state index is -0.153. The summed E-state index contributed by atoms with van der Waals surface area (Å²) >= 11 is 0. The number of anilines is 1. The molecule has 0 aliphatic heterocycles. The maximum absolute atomic E-state index is 12.0. The van der Waals surface area contributed by atoms with Crippen molar-refractivity contribution in [2.45, 2.75) is 6.92 Å². The number of aromatic amines is 1. The maximum atomic E-state index is 12.0. The highest BCUT2D eigenvalue weighted by Gasteiger charge is 2.08. The van der Waals surface area contributed by atoms with E-state index >= 15 is 0 Å². The Morgan fingerprint density at radius 2 is 2.21 bits per heavy atom. The lowest BCUT2D eigenvalue weighted by atomic mass is 10.2. The molecule has 1 amide bonds. The first-order valence-corrected chi connectivity index (χ1v) is 6.01. The summed E-state index contributed by atoms with van der Waals surface area (Å²) in [5.41, 5.74) is 3.50. The Hall–Kier alpha value is -2.56. The predicted molar refractivity (Wildman–Crippen MR) is 74.2 cm³/mol. The molecule has 5 heteroatoms. The highest BCUT2D eigenvalue weighted by atomic mass is 16.1. The molecule has 96 valence electrons. The van der Waals surface area contributed by atoms with Crippen molar-refractivity contribution in [3.8, 4) is 0 Å². The number of carbonyl (C=O) groups excluding carboxylic acids is 1. The minimum Gasteiger partial charge on any atom is -0.359 e. The monoisotopic (exact) mass is 254 g/mol. The lowest BCUT2D eigenvalue weighted by Gasteiger charge is -2.03. The van der Waals surface area contributed by atoms with Crippen LogP contribution in [-0.4, -0.2) is 20.7 Å². The SMILES string of the molecule is Cc1cc2cc(NC(=O)c3cnn(C)c3)ccc2[nH]1. The first-order chi connectivity index (χ1) is 9.11. The highest BCUT2D eigenvalue weighted by Crippen LogP contribution is 2.20. The maximum Gasteiger partial charge on any atom is 0.258 e. The summed E-state index contributed by atoms with van der Waals surface area (Å²) < 4.78 is 1.60. The number of carbonyl (C=O) groups is 1. The number of rotatable bonds is 2. The molecule has 0 bridgehead atoms. The lowest BCUT2D eigenvalue weighted by Crippen LogP contribution is -2.10. The molecule has 1 aromatic carbocycles. The van der Waals surface area contributed by atoms with Gasteiger partial charge >= 0.3 is 0 Å². The van der Waals surface area contributed by atoms with Crippen LogP contribution in [0.1, 0.15) is 16.1 Å². The van der Waals surface area contributed by atoms with Gasteiger partial charge in [0.2, 0.25) is 0 Å². The van der Waals surface area contributed by atoms with Crippen molar-refractivity contribution >= 4 is 22.5 Å². The number of aromatic nitrogens is 3. The van der Waals surface area contributed by atoms with Crippen LogP contribution in [-0.2, 0) is 7.05 Å². The smallest absolute Gasteiger partial charge is 0.258 e. The quantitative estimate of drug-likeness (QED) is 0.738. The summed E-state index contributed by atoms with van der Waals surface area (Å²) in [5, 5.41) is 7.93. The summed E-state index contributed by atoms with van der Waals surface area (Å²) in [6, 6.07) is 7.84. The zero-order valence-corrected chi connectivity index (χ0v) is 10.8. The van der Waals surface area contributed by atoms with Crippen LogP contribution in [0.4, 0.5) is 5.69 Å². The Bertz CT molecular complexity index is 754. The third kappa shape index (κ3) is 2.22. The number of hydrogen-bond donors (Lipinski definition) is 2. The average molecular weight is 254 g/mol. The number of nitrogens with one attached hydrogen (secondary N) is 2. The van der Waals surface area contributed by atoms with E-state index in [1.165, 1.54) is 0 Å². The molecule has 0 aliphatic carbocycles. The van der Waals surface area contributed by atoms with E-state index < -0.39 is 0 Å². The molecule has 3 rings (SSSR count). The number of nitrogens with zero attached hydrogens (tertiary/aromatic N) is 2. The van der Waals surface area contributed by atoms with Gasteiger partial charge in [-0.15, -0.1) is 0 Å². The Morgan fingerprint density at radius 1 is 1.37 bits per heavy atom. The van der Waals surface area contributed by atoms with Crippen LogP contribution in [0.3, 0.4) is 0 Å². The zero-order valence-electron chi connectivity index (χ0n) is 10.8. The molecule has 0 radical (unpaired) electrons. The van der Waals surface area contributed by atoms with Gasteiger partial charge in [0.15, 0.2) is 0 Å². The van der Waals surface area contributed by atoms with E-state index in [4.69, 9.17) is 0 Å². The molecule has 3 aromatic rings. The van der Waals surface area contributed by atoms with Crippen molar-refractivity contribution in [3.63, 3.8) is 0 Å². The number of benzene rings is 1. The van der Waals surface area contributed by atoms with Crippen molar-refractivity contribution in [2.75, 3.05) is 5.32 Å². The fourth-order valence-corrected chi connectivity index (χ4v) is 2.10. The van der Waals surface area contributed by atoms with Gasteiger partial charge in [0.1, 0.15) is 0 Å². The summed E-state index contributed by atoms with van der Waals surface area (Å²) in [7, 11) is 1.78. The van der Waals surface area contributed by atoms with Gasteiger partial charge in [0.05, 0.1) is 11.8 Å². The summed E-state index contributed by atoms with van der Waals surface area (Å²) in [4.78, 5) is 15.2. The van der Waals surface area contributed by atoms with Gasteiger partial charge in [0, 0.05) is 35.5 Å². The number of hydrogen-bond acceptors (Lipinski definition) is 2. The van der Waals surface area contributed by atoms with Gasteiger partial charge in [-0.3, -0.25) is 9.48 Å². The molecular weight excluding hydrogens is 240 g/mol. The van der Waals surface area contributed by atoms with Gasteiger partial charge in [-0.05, 0) is 31.2 Å². The standard InChI is InChI=1S/C14H14N4O/c1-9-5-10-6-12(3-4-13(10)16-9)17-14(19)11-7-15-18(2)8-11/h3-8,16H,1-2H3,(H,17,19). The molecule has 0 aliphatic rings. The summed E-state index contributed by atoms with van der Waals surface area (Å²) in [6.45, 7) is 2.01. The molecule has 2 aromatic heterocycles. The Labute approximate surface area is 110 Å². The molecule has 0 unspecified atom stereocenters. The third-order valence-electron chi connectivity index (χ3n) is 2.98. The zero-order chi connectivity index (χ0) is 13.4. The first-order valence-electron chi connectivity index (χ1n) is 6.01. The molecule has 0 fully saturated rings. The van der Waals surface area contributed by atoms with E-state index in [0.717, 1.165) is 22.3 Å². The first kappa shape index (κ1) is 11.5. The molecule has 0 atom stereocenters. The third-order valence-corrected chi connectivity index (χ3v) is 2.98. The average Bonchev–Trinajstić information content (AvgIpc) is 2.93.